The van der Waals surface area contributed by atoms with Gasteiger partial charge in [0.05, 0.1) is 6.04 Å². The Kier molecular flexibility index (Phi) is 3.24. The topological polar surface area (TPSA) is 12.0 Å². The first-order valence-corrected chi connectivity index (χ1v) is 7.14. The lowest BCUT2D eigenvalue weighted by Crippen LogP contribution is -2.08. The summed E-state index contributed by atoms with van der Waals surface area (Å²) in [5.74, 6) is 0. The van der Waals surface area contributed by atoms with Crippen molar-refractivity contribution in [3.63, 3.8) is 0 Å². The van der Waals surface area contributed by atoms with E-state index in [-0.39, 0.29) is 0 Å². The van der Waals surface area contributed by atoms with Crippen LogP contribution in [0.1, 0.15) is 34.7 Å². The van der Waals surface area contributed by atoms with Gasteiger partial charge in [0, 0.05) is 10.7 Å². The van der Waals surface area contributed by atoms with Gasteiger partial charge < -0.3 is 5.32 Å². The molecule has 2 aromatic carbocycles. The van der Waals surface area contributed by atoms with Gasteiger partial charge in [-0.3, -0.25) is 0 Å². The van der Waals surface area contributed by atoms with Crippen molar-refractivity contribution in [2.45, 2.75) is 32.7 Å². The SMILES string of the molecule is Cc1cccc(NC2CCc3cc(Cl)ccc32)c1C. The molecule has 0 saturated carbocycles. The second-order valence-electron chi connectivity index (χ2n) is 5.33. The summed E-state index contributed by atoms with van der Waals surface area (Å²) in [4.78, 5) is 0. The number of hydrogen-bond donors (Lipinski definition) is 1. The molecule has 98 valence electrons. The highest BCUT2D eigenvalue weighted by Gasteiger charge is 2.22. The van der Waals surface area contributed by atoms with Gasteiger partial charge >= 0.3 is 0 Å². The van der Waals surface area contributed by atoms with Gasteiger partial charge in [0.1, 0.15) is 0 Å². The van der Waals surface area contributed by atoms with Gasteiger partial charge in [-0.1, -0.05) is 29.8 Å². The molecule has 1 nitrogen and oxygen atoms in total. The fourth-order valence-corrected chi connectivity index (χ4v) is 3.03. The lowest BCUT2D eigenvalue weighted by atomic mass is 10.1. The van der Waals surface area contributed by atoms with E-state index in [1.54, 1.807) is 0 Å². The smallest absolute Gasteiger partial charge is 0.0519 e. The van der Waals surface area contributed by atoms with Gasteiger partial charge in [-0.2, -0.15) is 0 Å². The maximum Gasteiger partial charge on any atom is 0.0519 e. The summed E-state index contributed by atoms with van der Waals surface area (Å²) in [6.07, 6.45) is 2.25. The first kappa shape index (κ1) is 12.6. The minimum absolute atomic E-state index is 0.410. The first-order chi connectivity index (χ1) is 9.15. The average molecular weight is 272 g/mol. The van der Waals surface area contributed by atoms with Gasteiger partial charge in [0.25, 0.3) is 0 Å². The molecule has 0 heterocycles. The summed E-state index contributed by atoms with van der Waals surface area (Å²) < 4.78 is 0. The van der Waals surface area contributed by atoms with E-state index in [2.05, 4.69) is 49.5 Å². The van der Waals surface area contributed by atoms with Gasteiger partial charge in [-0.05, 0) is 67.1 Å². The molecule has 19 heavy (non-hydrogen) atoms. The number of nitrogens with one attached hydrogen (secondary N) is 1. The van der Waals surface area contributed by atoms with Crippen molar-refractivity contribution in [1.82, 2.24) is 0 Å². The number of halogens is 1. The highest BCUT2D eigenvalue weighted by atomic mass is 35.5. The Morgan fingerprint density at radius 2 is 2.00 bits per heavy atom. The zero-order valence-corrected chi connectivity index (χ0v) is 12.1. The monoisotopic (exact) mass is 271 g/mol. The minimum atomic E-state index is 0.410. The Bertz CT molecular complexity index is 619. The molecule has 0 spiro atoms. The molecule has 0 radical (unpaired) electrons. The largest absolute Gasteiger partial charge is 0.378 e. The fourth-order valence-electron chi connectivity index (χ4n) is 2.83. The summed E-state index contributed by atoms with van der Waals surface area (Å²) in [5.41, 5.74) is 6.69. The molecule has 1 aliphatic rings. The normalized spacial score (nSPS) is 17.3. The number of fused-ring (bicyclic) bond motifs is 1. The van der Waals surface area contributed by atoms with Gasteiger partial charge in [0.2, 0.25) is 0 Å². The van der Waals surface area contributed by atoms with E-state index in [1.807, 2.05) is 6.07 Å². The number of rotatable bonds is 2. The predicted molar refractivity (Wildman–Crippen MR) is 82.1 cm³/mol. The van der Waals surface area contributed by atoms with Crippen LogP contribution in [-0.2, 0) is 6.42 Å². The van der Waals surface area contributed by atoms with Crippen LogP contribution in [0.3, 0.4) is 0 Å². The molecule has 1 unspecified atom stereocenters. The Hall–Kier alpha value is -1.47. The number of benzene rings is 2. The highest BCUT2D eigenvalue weighted by Crippen LogP contribution is 2.36. The Morgan fingerprint density at radius 3 is 2.84 bits per heavy atom. The van der Waals surface area contributed by atoms with E-state index in [0.717, 1.165) is 17.9 Å². The lowest BCUT2D eigenvalue weighted by Gasteiger charge is -2.18. The number of hydrogen-bond acceptors (Lipinski definition) is 1. The van der Waals surface area contributed by atoms with E-state index >= 15 is 0 Å². The van der Waals surface area contributed by atoms with E-state index in [4.69, 9.17) is 11.6 Å². The third-order valence-corrected chi connectivity index (χ3v) is 4.35. The van der Waals surface area contributed by atoms with Crippen LogP contribution >= 0.6 is 11.6 Å². The molecule has 0 fully saturated rings. The van der Waals surface area contributed by atoms with E-state index < -0.39 is 0 Å². The quantitative estimate of drug-likeness (QED) is 0.805. The molecule has 2 aromatic rings. The van der Waals surface area contributed by atoms with Crippen LogP contribution in [-0.4, -0.2) is 0 Å². The van der Waals surface area contributed by atoms with Crippen molar-refractivity contribution in [1.29, 1.82) is 0 Å². The minimum Gasteiger partial charge on any atom is -0.378 e. The Balaban J connectivity index is 1.89. The summed E-state index contributed by atoms with van der Waals surface area (Å²) in [6.45, 7) is 4.33. The molecule has 1 N–H and O–H groups in total. The van der Waals surface area contributed by atoms with E-state index in [9.17, 15) is 0 Å². The predicted octanol–water partition coefficient (Wildman–Crippen LogP) is 5.06. The zero-order valence-electron chi connectivity index (χ0n) is 11.3. The molecule has 0 bridgehead atoms. The van der Waals surface area contributed by atoms with Crippen LogP contribution < -0.4 is 5.32 Å². The molecule has 0 aliphatic heterocycles. The highest BCUT2D eigenvalue weighted by molar-refractivity contribution is 6.30. The fraction of sp³-hybridized carbons (Fsp3) is 0.294. The summed E-state index contributed by atoms with van der Waals surface area (Å²) >= 11 is 6.06. The number of aryl methyl sites for hydroxylation is 2. The summed E-state index contributed by atoms with van der Waals surface area (Å²) in [7, 11) is 0. The molecular weight excluding hydrogens is 254 g/mol. The van der Waals surface area contributed by atoms with Crippen molar-refractivity contribution < 1.29 is 0 Å². The molecule has 1 aliphatic carbocycles. The van der Waals surface area contributed by atoms with Crippen molar-refractivity contribution in [3.8, 4) is 0 Å². The molecular formula is C17H18ClN. The third kappa shape index (κ3) is 2.35. The molecule has 0 aromatic heterocycles. The second kappa shape index (κ2) is 4.90. The van der Waals surface area contributed by atoms with Gasteiger partial charge in [-0.25, -0.2) is 0 Å². The third-order valence-electron chi connectivity index (χ3n) is 4.12. The van der Waals surface area contributed by atoms with Crippen LogP contribution in [0.2, 0.25) is 5.02 Å². The Labute approximate surface area is 119 Å². The molecule has 2 heteroatoms. The summed E-state index contributed by atoms with van der Waals surface area (Å²) in [5, 5.41) is 4.52. The van der Waals surface area contributed by atoms with E-state index in [0.29, 0.717) is 6.04 Å². The standard InChI is InChI=1S/C17H18ClN/c1-11-4-3-5-16(12(11)2)19-17-9-6-13-10-14(18)7-8-15(13)17/h3-5,7-8,10,17,19H,6,9H2,1-2H3. The zero-order chi connectivity index (χ0) is 13.4. The first-order valence-electron chi connectivity index (χ1n) is 6.76. The van der Waals surface area contributed by atoms with Crippen LogP contribution in [0, 0.1) is 13.8 Å². The van der Waals surface area contributed by atoms with Gasteiger partial charge in [0.15, 0.2) is 0 Å². The Morgan fingerprint density at radius 1 is 1.16 bits per heavy atom. The van der Waals surface area contributed by atoms with Crippen LogP contribution in [0.25, 0.3) is 0 Å². The summed E-state index contributed by atoms with van der Waals surface area (Å²) in [6, 6.07) is 13.1. The molecule has 0 saturated heterocycles. The molecule has 3 rings (SSSR count). The van der Waals surface area contributed by atoms with Crippen molar-refractivity contribution in [2.24, 2.45) is 0 Å². The number of anilines is 1. The van der Waals surface area contributed by atoms with Crippen LogP contribution in [0.4, 0.5) is 5.69 Å². The second-order valence-corrected chi connectivity index (χ2v) is 5.76. The van der Waals surface area contributed by atoms with E-state index in [1.165, 1.54) is 27.9 Å². The molecule has 0 amide bonds. The lowest BCUT2D eigenvalue weighted by molar-refractivity contribution is 0.761. The maximum absolute atomic E-state index is 6.06. The van der Waals surface area contributed by atoms with Crippen molar-refractivity contribution in [2.75, 3.05) is 5.32 Å². The molecule has 1 atom stereocenters. The van der Waals surface area contributed by atoms with Gasteiger partial charge in [-0.15, -0.1) is 0 Å². The van der Waals surface area contributed by atoms with Crippen LogP contribution in [0.5, 0.6) is 0 Å². The van der Waals surface area contributed by atoms with Crippen molar-refractivity contribution in [3.05, 3.63) is 63.7 Å². The van der Waals surface area contributed by atoms with Crippen LogP contribution in [0.15, 0.2) is 36.4 Å². The average Bonchev–Trinajstić information content (AvgIpc) is 2.77. The van der Waals surface area contributed by atoms with Crippen molar-refractivity contribution >= 4 is 17.3 Å². The maximum atomic E-state index is 6.06.